The van der Waals surface area contributed by atoms with Crippen molar-refractivity contribution in [2.75, 3.05) is 18.4 Å². The molecule has 2 aromatic rings. The lowest BCUT2D eigenvalue weighted by Gasteiger charge is -2.25. The highest BCUT2D eigenvalue weighted by Crippen LogP contribution is 2.33. The maximum Gasteiger partial charge on any atom is 0.254 e. The Balaban J connectivity index is 0.00000320. The van der Waals surface area contributed by atoms with Crippen molar-refractivity contribution in [1.29, 1.82) is 0 Å². The van der Waals surface area contributed by atoms with Gasteiger partial charge in [0.2, 0.25) is 5.91 Å². The van der Waals surface area contributed by atoms with Crippen molar-refractivity contribution >= 4 is 29.9 Å². The fourth-order valence-electron chi connectivity index (χ4n) is 3.90. The molecule has 6 heteroatoms. The largest absolute Gasteiger partial charge is 0.332 e. The van der Waals surface area contributed by atoms with Crippen LogP contribution in [0.2, 0.25) is 0 Å². The molecule has 162 valence electrons. The van der Waals surface area contributed by atoms with Gasteiger partial charge in [0.25, 0.3) is 5.91 Å². The number of nitrogens with one attached hydrogen (secondary N) is 1. The van der Waals surface area contributed by atoms with Crippen LogP contribution in [0, 0.1) is 0 Å². The molecule has 30 heavy (non-hydrogen) atoms. The monoisotopic (exact) mass is 429 g/mol. The first-order valence-electron chi connectivity index (χ1n) is 10.6. The van der Waals surface area contributed by atoms with Crippen LogP contribution in [0.3, 0.4) is 0 Å². The van der Waals surface area contributed by atoms with Gasteiger partial charge in [0.1, 0.15) is 0 Å². The summed E-state index contributed by atoms with van der Waals surface area (Å²) in [4.78, 5) is 27.0. The van der Waals surface area contributed by atoms with E-state index in [1.165, 1.54) is 5.56 Å². The lowest BCUT2D eigenvalue weighted by molar-refractivity contribution is -0.116. The van der Waals surface area contributed by atoms with E-state index in [9.17, 15) is 9.59 Å². The maximum absolute atomic E-state index is 13.0. The third-order valence-electron chi connectivity index (χ3n) is 5.47. The molecule has 0 saturated carbocycles. The molecule has 2 aromatic carbocycles. The van der Waals surface area contributed by atoms with E-state index in [0.717, 1.165) is 50.8 Å². The Kier molecular flexibility index (Phi) is 9.84. The summed E-state index contributed by atoms with van der Waals surface area (Å²) in [6.45, 7) is 1.49. The molecule has 0 aliphatic carbocycles. The van der Waals surface area contributed by atoms with Gasteiger partial charge < -0.3 is 16.0 Å². The summed E-state index contributed by atoms with van der Waals surface area (Å²) < 4.78 is 0. The lowest BCUT2D eigenvalue weighted by Crippen LogP contribution is -2.30. The lowest BCUT2D eigenvalue weighted by atomic mass is 10.0. The van der Waals surface area contributed by atoms with E-state index < -0.39 is 0 Å². The van der Waals surface area contributed by atoms with E-state index in [4.69, 9.17) is 5.73 Å². The van der Waals surface area contributed by atoms with Gasteiger partial charge in [0, 0.05) is 24.2 Å². The second-order valence-electron chi connectivity index (χ2n) is 7.65. The van der Waals surface area contributed by atoms with Crippen LogP contribution in [0.25, 0.3) is 0 Å². The summed E-state index contributed by atoms with van der Waals surface area (Å²) in [6.07, 6.45) is 6.51. The van der Waals surface area contributed by atoms with Gasteiger partial charge in [0.15, 0.2) is 0 Å². The van der Waals surface area contributed by atoms with Crippen molar-refractivity contribution in [3.05, 3.63) is 65.7 Å². The number of rotatable bonds is 9. The first-order chi connectivity index (χ1) is 14.2. The van der Waals surface area contributed by atoms with Gasteiger partial charge in [-0.3, -0.25) is 9.59 Å². The molecule has 0 bridgehead atoms. The number of hydrogen-bond acceptors (Lipinski definition) is 3. The molecule has 2 amide bonds. The second kappa shape index (κ2) is 12.4. The minimum absolute atomic E-state index is 0. The fourth-order valence-corrected chi connectivity index (χ4v) is 3.90. The molecule has 1 fully saturated rings. The SMILES string of the molecule is Cl.NCCCCCCC(=O)Nc1ccc(C(=O)N2CCCC2c2ccccc2)cc1. The zero-order chi connectivity index (χ0) is 20.5. The maximum atomic E-state index is 13.0. The van der Waals surface area contributed by atoms with Crippen LogP contribution in [-0.2, 0) is 4.79 Å². The first kappa shape index (κ1) is 23.9. The average molecular weight is 430 g/mol. The van der Waals surface area contributed by atoms with E-state index in [1.807, 2.05) is 35.2 Å². The molecule has 1 aliphatic heterocycles. The van der Waals surface area contributed by atoms with Crippen molar-refractivity contribution in [2.45, 2.75) is 51.0 Å². The second-order valence-corrected chi connectivity index (χ2v) is 7.65. The Bertz CT molecular complexity index is 796. The molecule has 0 radical (unpaired) electrons. The predicted octanol–water partition coefficient (Wildman–Crippen LogP) is 4.93. The van der Waals surface area contributed by atoms with Gasteiger partial charge >= 0.3 is 0 Å². The number of nitrogens with zero attached hydrogens (tertiary/aromatic N) is 1. The highest BCUT2D eigenvalue weighted by molar-refractivity contribution is 5.96. The number of likely N-dealkylation sites (tertiary alicyclic amines) is 1. The van der Waals surface area contributed by atoms with Crippen molar-refractivity contribution in [3.63, 3.8) is 0 Å². The van der Waals surface area contributed by atoms with E-state index in [0.29, 0.717) is 18.5 Å². The standard InChI is InChI=1S/C24H31N3O2.ClH/c25-17-7-2-1-6-12-23(28)26-21-15-13-20(14-16-21)24(29)27-18-8-11-22(27)19-9-4-3-5-10-19;/h3-5,9-10,13-16,22H,1-2,6-8,11-12,17-18,25H2,(H,26,28);1H. The number of halogens is 1. The number of carbonyl (C=O) groups is 2. The molecule has 1 atom stereocenters. The van der Waals surface area contributed by atoms with Gasteiger partial charge in [-0.15, -0.1) is 12.4 Å². The Hall–Kier alpha value is -2.37. The Morgan fingerprint density at radius 3 is 2.37 bits per heavy atom. The zero-order valence-electron chi connectivity index (χ0n) is 17.4. The number of unbranched alkanes of at least 4 members (excludes halogenated alkanes) is 3. The van der Waals surface area contributed by atoms with Crippen LogP contribution in [0.15, 0.2) is 54.6 Å². The van der Waals surface area contributed by atoms with Gasteiger partial charge in [-0.1, -0.05) is 43.2 Å². The summed E-state index contributed by atoms with van der Waals surface area (Å²) in [7, 11) is 0. The van der Waals surface area contributed by atoms with Crippen molar-refractivity contribution in [2.24, 2.45) is 5.73 Å². The number of anilines is 1. The molecular formula is C24H32ClN3O2. The van der Waals surface area contributed by atoms with E-state index >= 15 is 0 Å². The fraction of sp³-hybridized carbons (Fsp3) is 0.417. The quantitative estimate of drug-likeness (QED) is 0.554. The van der Waals surface area contributed by atoms with Gasteiger partial charge in [-0.05, 0) is 62.1 Å². The number of carbonyl (C=O) groups excluding carboxylic acids is 2. The zero-order valence-corrected chi connectivity index (χ0v) is 18.2. The topological polar surface area (TPSA) is 75.4 Å². The van der Waals surface area contributed by atoms with Gasteiger partial charge in [-0.25, -0.2) is 0 Å². The van der Waals surface area contributed by atoms with Crippen molar-refractivity contribution in [3.8, 4) is 0 Å². The van der Waals surface area contributed by atoms with Gasteiger partial charge in [-0.2, -0.15) is 0 Å². The van der Waals surface area contributed by atoms with Gasteiger partial charge in [0.05, 0.1) is 6.04 Å². The predicted molar refractivity (Wildman–Crippen MR) is 124 cm³/mol. The van der Waals surface area contributed by atoms with Crippen molar-refractivity contribution < 1.29 is 9.59 Å². The Labute approximate surface area is 185 Å². The number of amides is 2. The van der Waals surface area contributed by atoms with Crippen LogP contribution >= 0.6 is 12.4 Å². The summed E-state index contributed by atoms with van der Waals surface area (Å²) >= 11 is 0. The molecule has 3 rings (SSSR count). The van der Waals surface area contributed by atoms with E-state index in [2.05, 4.69) is 17.4 Å². The molecule has 3 N–H and O–H groups in total. The smallest absolute Gasteiger partial charge is 0.254 e. The number of hydrogen-bond donors (Lipinski definition) is 2. The van der Waals surface area contributed by atoms with E-state index in [-0.39, 0.29) is 30.3 Å². The first-order valence-corrected chi connectivity index (χ1v) is 10.6. The number of nitrogens with two attached hydrogens (primary N) is 1. The molecule has 0 spiro atoms. The normalized spacial score (nSPS) is 15.5. The summed E-state index contributed by atoms with van der Waals surface area (Å²) in [6, 6.07) is 17.6. The van der Waals surface area contributed by atoms with Crippen LogP contribution in [-0.4, -0.2) is 29.8 Å². The molecule has 1 aliphatic rings. The van der Waals surface area contributed by atoms with Crippen LogP contribution in [0.4, 0.5) is 5.69 Å². The minimum atomic E-state index is 0. The van der Waals surface area contributed by atoms with E-state index in [1.54, 1.807) is 12.1 Å². The molecule has 5 nitrogen and oxygen atoms in total. The Morgan fingerprint density at radius 2 is 1.67 bits per heavy atom. The third kappa shape index (κ3) is 6.57. The summed E-state index contributed by atoms with van der Waals surface area (Å²) in [5.74, 6) is 0.0645. The van der Waals surface area contributed by atoms with Crippen molar-refractivity contribution in [1.82, 2.24) is 4.90 Å². The molecule has 1 unspecified atom stereocenters. The summed E-state index contributed by atoms with van der Waals surface area (Å²) in [5, 5.41) is 2.91. The highest BCUT2D eigenvalue weighted by atomic mass is 35.5. The molecule has 1 heterocycles. The molecule has 1 saturated heterocycles. The third-order valence-corrected chi connectivity index (χ3v) is 5.47. The van der Waals surface area contributed by atoms with Crippen LogP contribution in [0.1, 0.15) is 66.9 Å². The van der Waals surface area contributed by atoms with Crippen LogP contribution < -0.4 is 11.1 Å². The average Bonchev–Trinajstić information content (AvgIpc) is 3.24. The number of benzene rings is 2. The van der Waals surface area contributed by atoms with Crippen LogP contribution in [0.5, 0.6) is 0 Å². The molecule has 0 aromatic heterocycles. The highest BCUT2D eigenvalue weighted by Gasteiger charge is 2.30. The Morgan fingerprint density at radius 1 is 0.967 bits per heavy atom. The minimum Gasteiger partial charge on any atom is -0.332 e. The molecular weight excluding hydrogens is 398 g/mol. The summed E-state index contributed by atoms with van der Waals surface area (Å²) in [5.41, 5.74) is 8.06.